The fourth-order valence-corrected chi connectivity index (χ4v) is 4.52. The summed E-state index contributed by atoms with van der Waals surface area (Å²) in [7, 11) is 0. The molecule has 1 atom stereocenters. The van der Waals surface area contributed by atoms with Crippen LogP contribution in [0.2, 0.25) is 0 Å². The Labute approximate surface area is 184 Å². The maximum atomic E-state index is 13.4. The third kappa shape index (κ3) is 4.39. The number of rotatable bonds is 6. The summed E-state index contributed by atoms with van der Waals surface area (Å²) in [5, 5.41) is 0. The molecule has 2 heterocycles. The first-order valence-electron chi connectivity index (χ1n) is 11.2. The summed E-state index contributed by atoms with van der Waals surface area (Å²) in [6.45, 7) is 7.58. The molecule has 2 amide bonds. The molecular formula is C25H30N4O2. The predicted molar refractivity (Wildman–Crippen MR) is 124 cm³/mol. The molecule has 1 fully saturated rings. The van der Waals surface area contributed by atoms with Crippen LogP contribution in [-0.2, 0) is 9.59 Å². The zero-order chi connectivity index (χ0) is 21.8. The van der Waals surface area contributed by atoms with Gasteiger partial charge in [0.25, 0.3) is 5.91 Å². The maximum Gasteiger partial charge on any atom is 0.278 e. The second kappa shape index (κ2) is 9.43. The van der Waals surface area contributed by atoms with E-state index in [1.165, 1.54) is 0 Å². The van der Waals surface area contributed by atoms with Gasteiger partial charge in [-0.05, 0) is 51.4 Å². The van der Waals surface area contributed by atoms with Crippen LogP contribution in [0.15, 0.2) is 59.6 Å². The van der Waals surface area contributed by atoms with Crippen LogP contribution in [0.4, 0.5) is 11.4 Å². The van der Waals surface area contributed by atoms with Gasteiger partial charge in [0.2, 0.25) is 5.91 Å². The Morgan fingerprint density at radius 1 is 1.06 bits per heavy atom. The van der Waals surface area contributed by atoms with Crippen molar-refractivity contribution < 1.29 is 9.59 Å². The van der Waals surface area contributed by atoms with Crippen molar-refractivity contribution in [3.63, 3.8) is 0 Å². The molecule has 0 aliphatic carbocycles. The third-order valence-electron chi connectivity index (χ3n) is 6.17. The Kier molecular flexibility index (Phi) is 6.47. The van der Waals surface area contributed by atoms with Gasteiger partial charge < -0.3 is 4.90 Å². The van der Waals surface area contributed by atoms with Gasteiger partial charge in [-0.1, -0.05) is 36.4 Å². The molecule has 2 aromatic carbocycles. The van der Waals surface area contributed by atoms with E-state index < -0.39 is 0 Å². The molecule has 6 nitrogen and oxygen atoms in total. The Bertz CT molecular complexity index is 968. The van der Waals surface area contributed by atoms with Crippen molar-refractivity contribution in [3.05, 3.63) is 60.2 Å². The summed E-state index contributed by atoms with van der Waals surface area (Å²) >= 11 is 0. The van der Waals surface area contributed by atoms with Gasteiger partial charge in [0.1, 0.15) is 5.71 Å². The number of fused-ring (bicyclic) bond motifs is 1. The summed E-state index contributed by atoms with van der Waals surface area (Å²) in [6.07, 6.45) is 1.88. The van der Waals surface area contributed by atoms with Gasteiger partial charge in [-0.2, -0.15) is 0 Å². The van der Waals surface area contributed by atoms with Gasteiger partial charge in [-0.25, -0.2) is 4.99 Å². The maximum absolute atomic E-state index is 13.4. The number of nitrogens with zero attached hydrogens (tertiary/aromatic N) is 4. The van der Waals surface area contributed by atoms with E-state index in [9.17, 15) is 9.59 Å². The molecule has 162 valence electrons. The molecule has 0 radical (unpaired) electrons. The highest BCUT2D eigenvalue weighted by Crippen LogP contribution is 2.31. The van der Waals surface area contributed by atoms with Crippen molar-refractivity contribution in [1.29, 1.82) is 0 Å². The van der Waals surface area contributed by atoms with E-state index in [2.05, 4.69) is 9.89 Å². The number of piperidine rings is 1. The summed E-state index contributed by atoms with van der Waals surface area (Å²) in [4.78, 5) is 36.8. The van der Waals surface area contributed by atoms with Gasteiger partial charge in [0, 0.05) is 25.2 Å². The lowest BCUT2D eigenvalue weighted by Crippen LogP contribution is -2.49. The molecule has 0 saturated carbocycles. The molecular weight excluding hydrogens is 388 g/mol. The first-order valence-corrected chi connectivity index (χ1v) is 11.2. The molecule has 0 aromatic heterocycles. The Balaban J connectivity index is 1.54. The van der Waals surface area contributed by atoms with Gasteiger partial charge >= 0.3 is 0 Å². The SMILES string of the molecule is CCN(CC)C(=O)[C@H]1CCCN(CN2C(=O)C(=Nc3ccccc3)c3ccccc32)C1. The molecule has 2 aliphatic rings. The van der Waals surface area contributed by atoms with E-state index in [1.54, 1.807) is 4.90 Å². The minimum Gasteiger partial charge on any atom is -0.343 e. The van der Waals surface area contributed by atoms with Crippen LogP contribution in [0.5, 0.6) is 0 Å². The number of carbonyl (C=O) groups excluding carboxylic acids is 2. The molecule has 0 N–H and O–H groups in total. The van der Waals surface area contributed by atoms with Crippen LogP contribution in [0.25, 0.3) is 0 Å². The quantitative estimate of drug-likeness (QED) is 0.719. The predicted octanol–water partition coefficient (Wildman–Crippen LogP) is 3.69. The van der Waals surface area contributed by atoms with E-state index in [0.29, 0.717) is 18.9 Å². The number of benzene rings is 2. The number of anilines is 1. The van der Waals surface area contributed by atoms with Gasteiger partial charge in [-0.15, -0.1) is 0 Å². The van der Waals surface area contributed by atoms with Gasteiger partial charge in [-0.3, -0.25) is 19.4 Å². The lowest BCUT2D eigenvalue weighted by Gasteiger charge is -2.36. The number of hydrogen-bond donors (Lipinski definition) is 0. The molecule has 1 saturated heterocycles. The zero-order valence-electron chi connectivity index (χ0n) is 18.3. The fourth-order valence-electron chi connectivity index (χ4n) is 4.52. The van der Waals surface area contributed by atoms with Gasteiger partial charge in [0.15, 0.2) is 0 Å². The van der Waals surface area contributed by atoms with Crippen LogP contribution in [0.3, 0.4) is 0 Å². The highest BCUT2D eigenvalue weighted by atomic mass is 16.2. The first kappa shape index (κ1) is 21.2. The van der Waals surface area contributed by atoms with E-state index >= 15 is 0 Å². The van der Waals surface area contributed by atoms with E-state index in [-0.39, 0.29) is 17.7 Å². The average molecular weight is 419 g/mol. The largest absolute Gasteiger partial charge is 0.343 e. The smallest absolute Gasteiger partial charge is 0.278 e. The zero-order valence-corrected chi connectivity index (χ0v) is 18.3. The number of para-hydroxylation sites is 2. The van der Waals surface area contributed by atoms with Crippen LogP contribution < -0.4 is 4.90 Å². The average Bonchev–Trinajstić information content (AvgIpc) is 3.07. The van der Waals surface area contributed by atoms with Crippen molar-refractivity contribution in [3.8, 4) is 0 Å². The van der Waals surface area contributed by atoms with Crippen molar-refractivity contribution in [2.75, 3.05) is 37.7 Å². The van der Waals surface area contributed by atoms with Gasteiger partial charge in [0.05, 0.1) is 24.0 Å². The highest BCUT2D eigenvalue weighted by molar-refractivity contribution is 6.54. The van der Waals surface area contributed by atoms with E-state index in [1.807, 2.05) is 73.3 Å². The highest BCUT2D eigenvalue weighted by Gasteiger charge is 2.36. The van der Waals surface area contributed by atoms with Crippen LogP contribution in [0.1, 0.15) is 32.3 Å². The van der Waals surface area contributed by atoms with Crippen LogP contribution in [0, 0.1) is 5.92 Å². The lowest BCUT2D eigenvalue weighted by molar-refractivity contribution is -0.136. The summed E-state index contributed by atoms with van der Waals surface area (Å²) in [6, 6.07) is 17.4. The van der Waals surface area contributed by atoms with E-state index in [4.69, 9.17) is 0 Å². The molecule has 31 heavy (non-hydrogen) atoms. The van der Waals surface area contributed by atoms with Crippen molar-refractivity contribution in [2.45, 2.75) is 26.7 Å². The monoisotopic (exact) mass is 418 g/mol. The third-order valence-corrected chi connectivity index (χ3v) is 6.17. The Morgan fingerprint density at radius 2 is 1.77 bits per heavy atom. The first-order chi connectivity index (χ1) is 15.1. The number of amides is 2. The summed E-state index contributed by atoms with van der Waals surface area (Å²) in [5.74, 6) is 0.149. The minimum atomic E-state index is -0.0813. The van der Waals surface area contributed by atoms with Crippen molar-refractivity contribution in [1.82, 2.24) is 9.80 Å². The molecule has 2 aliphatic heterocycles. The summed E-state index contributed by atoms with van der Waals surface area (Å²) < 4.78 is 0. The topological polar surface area (TPSA) is 56.2 Å². The van der Waals surface area contributed by atoms with Crippen molar-refractivity contribution >= 4 is 28.9 Å². The Morgan fingerprint density at radius 3 is 2.52 bits per heavy atom. The minimum absolute atomic E-state index is 0.000875. The lowest BCUT2D eigenvalue weighted by atomic mass is 9.96. The molecule has 2 aromatic rings. The number of likely N-dealkylation sites (tertiary alicyclic amines) is 1. The molecule has 0 bridgehead atoms. The van der Waals surface area contributed by atoms with Crippen LogP contribution >= 0.6 is 0 Å². The van der Waals surface area contributed by atoms with Crippen LogP contribution in [-0.4, -0.2) is 60.2 Å². The molecule has 0 spiro atoms. The number of aliphatic imine (C=N–C) groups is 1. The second-order valence-electron chi connectivity index (χ2n) is 8.11. The number of hydrogen-bond acceptors (Lipinski definition) is 4. The summed E-state index contributed by atoms with van der Waals surface area (Å²) in [5.41, 5.74) is 3.00. The Hall–Kier alpha value is -2.99. The fraction of sp³-hybridized carbons (Fsp3) is 0.400. The second-order valence-corrected chi connectivity index (χ2v) is 8.11. The normalized spacial score (nSPS) is 20.2. The van der Waals surface area contributed by atoms with Crippen molar-refractivity contribution in [2.24, 2.45) is 10.9 Å². The molecule has 4 rings (SSSR count). The molecule has 0 unspecified atom stereocenters. The standard InChI is InChI=1S/C25H30N4O2/c1-3-28(4-2)24(30)19-11-10-16-27(17-19)18-29-22-15-9-8-14-21(22)23(25(29)31)26-20-12-6-5-7-13-20/h5-9,12-15,19H,3-4,10-11,16-18H2,1-2H3/t19-/m0/s1. The molecule has 6 heteroatoms. The van der Waals surface area contributed by atoms with E-state index in [0.717, 1.165) is 49.4 Å². The number of carbonyl (C=O) groups is 2.